The monoisotopic (exact) mass is 325 g/mol. The maximum Gasteiger partial charge on any atom is 0.185 e. The van der Waals surface area contributed by atoms with Crippen LogP contribution in [0.2, 0.25) is 0 Å². The molecule has 2 atom stereocenters. The van der Waals surface area contributed by atoms with Gasteiger partial charge in [0.1, 0.15) is 11.6 Å². The molecule has 0 amide bonds. The van der Waals surface area contributed by atoms with Gasteiger partial charge in [-0.15, -0.1) is 0 Å². The Hall–Kier alpha value is -1.39. The van der Waals surface area contributed by atoms with Gasteiger partial charge in [0.15, 0.2) is 5.96 Å². The maximum atomic E-state index is 12.2. The van der Waals surface area contributed by atoms with Crippen molar-refractivity contribution in [2.75, 3.05) is 6.54 Å². The third-order valence-electron chi connectivity index (χ3n) is 4.37. The zero-order valence-electron chi connectivity index (χ0n) is 15.3. The van der Waals surface area contributed by atoms with Gasteiger partial charge < -0.3 is 16.3 Å². The molecule has 0 aromatic heterocycles. The lowest BCUT2D eigenvalue weighted by molar-refractivity contribution is -0.121. The summed E-state index contributed by atoms with van der Waals surface area (Å²) in [5.41, 5.74) is 10.6. The third-order valence-corrected chi connectivity index (χ3v) is 4.37. The van der Waals surface area contributed by atoms with Gasteiger partial charge in [-0.2, -0.15) is 0 Å². The van der Waals surface area contributed by atoms with Crippen LogP contribution in [0.25, 0.3) is 0 Å². The molecule has 0 aliphatic heterocycles. The average Bonchev–Trinajstić information content (AvgIpc) is 2.45. The van der Waals surface area contributed by atoms with Crippen molar-refractivity contribution in [3.63, 3.8) is 0 Å². The number of carbonyl (C=O) groups excluding carboxylic acids is 2. The number of hydrogen-bond acceptors (Lipinski definition) is 3. The molecule has 0 aromatic carbocycles. The van der Waals surface area contributed by atoms with Gasteiger partial charge in [0.2, 0.25) is 0 Å². The van der Waals surface area contributed by atoms with E-state index >= 15 is 0 Å². The minimum atomic E-state index is 0.137. The van der Waals surface area contributed by atoms with Crippen molar-refractivity contribution in [1.29, 1.82) is 0 Å². The fraction of sp³-hybridized carbons (Fsp3) is 0.833. The zero-order valence-corrected chi connectivity index (χ0v) is 15.3. The highest BCUT2D eigenvalue weighted by Gasteiger charge is 2.18. The summed E-state index contributed by atoms with van der Waals surface area (Å²) < 4.78 is 0. The van der Waals surface area contributed by atoms with Gasteiger partial charge in [0, 0.05) is 25.8 Å². The summed E-state index contributed by atoms with van der Waals surface area (Å²) in [6.45, 7) is 8.69. The molecule has 0 aliphatic rings. The first-order valence-electron chi connectivity index (χ1n) is 8.78. The minimum Gasteiger partial charge on any atom is -0.370 e. The van der Waals surface area contributed by atoms with Gasteiger partial charge in [-0.1, -0.05) is 20.8 Å². The fourth-order valence-electron chi connectivity index (χ4n) is 2.65. The first-order valence-corrected chi connectivity index (χ1v) is 8.78. The van der Waals surface area contributed by atoms with E-state index in [0.717, 1.165) is 25.7 Å². The van der Waals surface area contributed by atoms with Gasteiger partial charge in [0.05, 0.1) is 0 Å². The summed E-state index contributed by atoms with van der Waals surface area (Å²) in [5, 5.41) is 0. The Morgan fingerprint density at radius 3 is 2.17 bits per heavy atom. The van der Waals surface area contributed by atoms with Gasteiger partial charge >= 0.3 is 0 Å². The van der Waals surface area contributed by atoms with E-state index in [4.69, 9.17) is 11.5 Å². The summed E-state index contributed by atoms with van der Waals surface area (Å²) >= 11 is 0. The van der Waals surface area contributed by atoms with Crippen molar-refractivity contribution in [1.82, 2.24) is 0 Å². The predicted octanol–water partition coefficient (Wildman–Crippen LogP) is 3.06. The first kappa shape index (κ1) is 21.6. The molecule has 0 aromatic rings. The quantitative estimate of drug-likeness (QED) is 0.309. The van der Waals surface area contributed by atoms with Gasteiger partial charge in [-0.25, -0.2) is 0 Å². The number of hydrogen-bond donors (Lipinski definition) is 2. The predicted molar refractivity (Wildman–Crippen MR) is 96.2 cm³/mol. The average molecular weight is 325 g/mol. The summed E-state index contributed by atoms with van der Waals surface area (Å²) in [6.07, 6.45) is 5.53. The normalized spacial score (nSPS) is 13.6. The molecule has 0 saturated carbocycles. The van der Waals surface area contributed by atoms with Crippen molar-refractivity contribution in [3.05, 3.63) is 0 Å². The van der Waals surface area contributed by atoms with Crippen LogP contribution in [0.4, 0.5) is 0 Å². The third kappa shape index (κ3) is 12.8. The Balaban J connectivity index is 4.02. The lowest BCUT2D eigenvalue weighted by Crippen LogP contribution is -2.23. The maximum absolute atomic E-state index is 12.2. The first-order chi connectivity index (χ1) is 10.7. The van der Waals surface area contributed by atoms with E-state index in [1.807, 2.05) is 0 Å². The van der Waals surface area contributed by atoms with Crippen LogP contribution in [0.3, 0.4) is 0 Å². The molecule has 5 nitrogen and oxygen atoms in total. The molecule has 0 radical (unpaired) electrons. The van der Waals surface area contributed by atoms with E-state index in [0.29, 0.717) is 49.3 Å². The highest BCUT2D eigenvalue weighted by atomic mass is 16.1. The van der Waals surface area contributed by atoms with E-state index in [1.165, 1.54) is 0 Å². The highest BCUT2D eigenvalue weighted by Crippen LogP contribution is 2.23. The number of Topliss-reactive ketones (excluding diaryl/α,β-unsaturated/α-hetero) is 2. The van der Waals surface area contributed by atoms with Crippen LogP contribution >= 0.6 is 0 Å². The lowest BCUT2D eigenvalue weighted by Gasteiger charge is -2.20. The van der Waals surface area contributed by atoms with Crippen LogP contribution in [-0.4, -0.2) is 24.1 Å². The van der Waals surface area contributed by atoms with E-state index in [1.54, 1.807) is 6.92 Å². The molecule has 23 heavy (non-hydrogen) atoms. The Morgan fingerprint density at radius 1 is 1.00 bits per heavy atom. The van der Waals surface area contributed by atoms with Crippen LogP contribution in [0.5, 0.6) is 0 Å². The van der Waals surface area contributed by atoms with Crippen LogP contribution in [0, 0.1) is 17.8 Å². The number of rotatable bonds is 13. The highest BCUT2D eigenvalue weighted by molar-refractivity contribution is 5.79. The van der Waals surface area contributed by atoms with Crippen molar-refractivity contribution < 1.29 is 9.59 Å². The van der Waals surface area contributed by atoms with Crippen molar-refractivity contribution in [3.8, 4) is 0 Å². The summed E-state index contributed by atoms with van der Waals surface area (Å²) in [6, 6.07) is 0. The van der Waals surface area contributed by atoms with Crippen molar-refractivity contribution in [2.45, 2.75) is 72.6 Å². The van der Waals surface area contributed by atoms with E-state index < -0.39 is 0 Å². The Morgan fingerprint density at radius 2 is 1.65 bits per heavy atom. The van der Waals surface area contributed by atoms with E-state index in [2.05, 4.69) is 25.8 Å². The minimum absolute atomic E-state index is 0.137. The summed E-state index contributed by atoms with van der Waals surface area (Å²) in [7, 11) is 0. The molecule has 0 bridgehead atoms. The molecule has 5 heteroatoms. The number of nitrogens with zero attached hydrogens (tertiary/aromatic N) is 1. The van der Waals surface area contributed by atoms with Crippen molar-refractivity contribution in [2.24, 2.45) is 34.2 Å². The van der Waals surface area contributed by atoms with E-state index in [9.17, 15) is 9.59 Å². The summed E-state index contributed by atoms with van der Waals surface area (Å²) in [5.74, 6) is 1.93. The Kier molecular flexibility index (Phi) is 11.4. The SMILES string of the molecule is CC(=O)CC[C@@H](CC(=O)CC[C@@H](C)CCCN=C(N)N)C(C)C. The molecule has 0 fully saturated rings. The Labute approximate surface area is 141 Å². The zero-order chi connectivity index (χ0) is 17.8. The number of nitrogens with two attached hydrogens (primary N) is 2. The summed E-state index contributed by atoms with van der Waals surface area (Å²) in [4.78, 5) is 27.3. The second-order valence-electron chi connectivity index (χ2n) is 7.08. The van der Waals surface area contributed by atoms with Crippen LogP contribution in [-0.2, 0) is 9.59 Å². The second-order valence-corrected chi connectivity index (χ2v) is 7.08. The fourth-order valence-corrected chi connectivity index (χ4v) is 2.65. The van der Waals surface area contributed by atoms with Crippen LogP contribution in [0.15, 0.2) is 4.99 Å². The van der Waals surface area contributed by atoms with Crippen molar-refractivity contribution >= 4 is 17.5 Å². The molecule has 0 heterocycles. The van der Waals surface area contributed by atoms with Crippen LogP contribution < -0.4 is 11.5 Å². The van der Waals surface area contributed by atoms with Gasteiger partial charge in [-0.3, -0.25) is 9.79 Å². The van der Waals surface area contributed by atoms with E-state index in [-0.39, 0.29) is 11.7 Å². The molecular weight excluding hydrogens is 290 g/mol. The Bertz CT molecular complexity index is 388. The topological polar surface area (TPSA) is 98.5 Å². The smallest absolute Gasteiger partial charge is 0.185 e. The number of ketones is 2. The lowest BCUT2D eigenvalue weighted by atomic mass is 9.85. The number of aliphatic imine (C=N–C) groups is 1. The van der Waals surface area contributed by atoms with Gasteiger partial charge in [-0.05, 0) is 50.4 Å². The molecule has 0 aliphatic carbocycles. The molecule has 134 valence electrons. The molecule has 0 saturated heterocycles. The molecule has 4 N–H and O–H groups in total. The molecular formula is C18H35N3O2. The standard InChI is InChI=1S/C18H35N3O2/c1-13(2)16(9-8-15(4)22)12-17(23)10-7-14(3)6-5-11-21-18(19)20/h13-14,16H,5-12H2,1-4H3,(H4,19,20,21)/t14-,16-/m0/s1. The molecule has 0 spiro atoms. The number of guanidine groups is 1. The molecule has 0 unspecified atom stereocenters. The largest absolute Gasteiger partial charge is 0.370 e. The van der Waals surface area contributed by atoms with Gasteiger partial charge in [0.25, 0.3) is 0 Å². The molecule has 0 rings (SSSR count). The van der Waals surface area contributed by atoms with Crippen LogP contribution in [0.1, 0.15) is 72.6 Å². The number of carbonyl (C=O) groups is 2. The second kappa shape index (κ2) is 12.1.